The Morgan fingerprint density at radius 2 is 1.63 bits per heavy atom. The molecule has 0 spiro atoms. The average molecular weight is 365 g/mol. The molecule has 0 bridgehead atoms. The summed E-state index contributed by atoms with van der Waals surface area (Å²) in [4.78, 5) is 0. The third-order valence-electron chi connectivity index (χ3n) is 4.92. The Morgan fingerprint density at radius 1 is 0.889 bits per heavy atom. The van der Waals surface area contributed by atoms with Crippen molar-refractivity contribution in [3.8, 4) is 34.1 Å². The van der Waals surface area contributed by atoms with E-state index in [0.29, 0.717) is 0 Å². The van der Waals surface area contributed by atoms with Crippen LogP contribution in [-0.4, -0.2) is 15.4 Å². The monoisotopic (exact) mass is 365 g/mol. The molecule has 4 nitrogen and oxygen atoms in total. The number of aromatic nitrogens is 1. The number of nitrogens with zero attached hydrogens (tertiary/aromatic N) is 1. The van der Waals surface area contributed by atoms with E-state index >= 15 is 0 Å². The molecule has 2 aromatic carbocycles. The van der Waals surface area contributed by atoms with Crippen LogP contribution in [-0.2, 0) is 12.8 Å². The number of aromatic hydroxyl groups is 2. The van der Waals surface area contributed by atoms with Gasteiger partial charge in [-0.3, -0.25) is 0 Å². The van der Waals surface area contributed by atoms with E-state index in [1.54, 1.807) is 18.2 Å². The summed E-state index contributed by atoms with van der Waals surface area (Å²) in [5.74, 6) is 1.28. The van der Waals surface area contributed by atoms with Crippen molar-refractivity contribution in [1.29, 1.82) is 0 Å². The largest absolute Gasteiger partial charge is 0.508 e. The number of benzene rings is 2. The molecule has 3 aromatic rings. The quantitative estimate of drug-likeness (QED) is 0.473. The summed E-state index contributed by atoms with van der Waals surface area (Å²) < 4.78 is 5.77. The highest BCUT2D eigenvalue weighted by atomic mass is 16.5. The maximum absolute atomic E-state index is 9.95. The molecular formula is C23H27NO3. The van der Waals surface area contributed by atoms with Crippen molar-refractivity contribution in [3.63, 3.8) is 0 Å². The molecule has 142 valence electrons. The van der Waals surface area contributed by atoms with Crippen LogP contribution in [0.25, 0.3) is 22.6 Å². The third kappa shape index (κ3) is 4.33. The molecule has 0 atom stereocenters. The van der Waals surface area contributed by atoms with Crippen molar-refractivity contribution in [2.45, 2.75) is 52.4 Å². The van der Waals surface area contributed by atoms with E-state index in [9.17, 15) is 10.2 Å². The SMILES string of the molecule is CCCCCCc1cc(O)ccc1-c1onc(-c2ccc(O)cc2)c1CC. The molecule has 4 heteroatoms. The van der Waals surface area contributed by atoms with Gasteiger partial charge in [0.2, 0.25) is 0 Å². The summed E-state index contributed by atoms with van der Waals surface area (Å²) in [5.41, 5.74) is 4.86. The Morgan fingerprint density at radius 3 is 2.33 bits per heavy atom. The highest BCUT2D eigenvalue weighted by molar-refractivity contribution is 5.75. The zero-order valence-electron chi connectivity index (χ0n) is 16.0. The summed E-state index contributed by atoms with van der Waals surface area (Å²) in [7, 11) is 0. The fraction of sp³-hybridized carbons (Fsp3) is 0.348. The van der Waals surface area contributed by atoms with Gasteiger partial charge < -0.3 is 14.7 Å². The summed E-state index contributed by atoms with van der Waals surface area (Å²) >= 11 is 0. The second kappa shape index (κ2) is 8.76. The van der Waals surface area contributed by atoms with Gasteiger partial charge in [0.1, 0.15) is 17.2 Å². The van der Waals surface area contributed by atoms with Gasteiger partial charge in [0.25, 0.3) is 0 Å². The van der Waals surface area contributed by atoms with Crippen LogP contribution in [0.5, 0.6) is 11.5 Å². The number of phenols is 2. The first-order valence-corrected chi connectivity index (χ1v) is 9.74. The van der Waals surface area contributed by atoms with Crippen molar-refractivity contribution in [2.24, 2.45) is 0 Å². The lowest BCUT2D eigenvalue weighted by Crippen LogP contribution is -1.93. The predicted molar refractivity (Wildman–Crippen MR) is 108 cm³/mol. The normalized spacial score (nSPS) is 11.0. The van der Waals surface area contributed by atoms with Gasteiger partial charge in [-0.1, -0.05) is 38.3 Å². The molecule has 0 fully saturated rings. The van der Waals surface area contributed by atoms with Gasteiger partial charge in [-0.05, 0) is 67.3 Å². The van der Waals surface area contributed by atoms with E-state index in [0.717, 1.165) is 53.0 Å². The fourth-order valence-electron chi connectivity index (χ4n) is 3.45. The Bertz CT molecular complexity index is 881. The standard InChI is InChI=1S/C23H27NO3/c1-3-5-6-7-8-17-15-19(26)13-14-21(17)23-20(4-2)22(24-27-23)16-9-11-18(25)12-10-16/h9-15,25-26H,3-8H2,1-2H3. The van der Waals surface area contributed by atoms with Crippen LogP contribution in [0.1, 0.15) is 50.7 Å². The summed E-state index contributed by atoms with van der Waals surface area (Å²) in [5, 5.41) is 23.8. The first kappa shape index (κ1) is 19.0. The minimum atomic E-state index is 0.230. The van der Waals surface area contributed by atoms with E-state index in [2.05, 4.69) is 19.0 Å². The smallest absolute Gasteiger partial charge is 0.170 e. The van der Waals surface area contributed by atoms with Gasteiger partial charge in [0.15, 0.2) is 5.76 Å². The van der Waals surface area contributed by atoms with Crippen molar-refractivity contribution in [3.05, 3.63) is 53.6 Å². The van der Waals surface area contributed by atoms with Gasteiger partial charge in [0, 0.05) is 16.7 Å². The summed E-state index contributed by atoms with van der Waals surface area (Å²) in [6, 6.07) is 12.5. The number of aryl methyl sites for hydroxylation is 1. The van der Waals surface area contributed by atoms with Gasteiger partial charge in [0.05, 0.1) is 0 Å². The number of hydrogen-bond donors (Lipinski definition) is 2. The minimum Gasteiger partial charge on any atom is -0.508 e. The molecule has 0 aliphatic rings. The number of rotatable bonds is 8. The maximum Gasteiger partial charge on any atom is 0.170 e. The first-order chi connectivity index (χ1) is 13.1. The van der Waals surface area contributed by atoms with Gasteiger partial charge in [-0.25, -0.2) is 0 Å². The van der Waals surface area contributed by atoms with Crippen LogP contribution in [0.2, 0.25) is 0 Å². The summed E-state index contributed by atoms with van der Waals surface area (Å²) in [6.07, 6.45) is 6.38. The highest BCUT2D eigenvalue weighted by Gasteiger charge is 2.20. The van der Waals surface area contributed by atoms with Crippen LogP contribution in [0.15, 0.2) is 47.0 Å². The van der Waals surface area contributed by atoms with Gasteiger partial charge in [-0.2, -0.15) is 0 Å². The van der Waals surface area contributed by atoms with E-state index in [4.69, 9.17) is 4.52 Å². The molecule has 3 rings (SSSR count). The van der Waals surface area contributed by atoms with E-state index in [-0.39, 0.29) is 11.5 Å². The zero-order valence-corrected chi connectivity index (χ0v) is 16.0. The Hall–Kier alpha value is -2.75. The predicted octanol–water partition coefficient (Wildman–Crippen LogP) is 6.11. The number of phenolic OH excluding ortho intramolecular Hbond substituents is 2. The zero-order chi connectivity index (χ0) is 19.2. The summed E-state index contributed by atoms with van der Waals surface area (Å²) in [6.45, 7) is 4.29. The second-order valence-electron chi connectivity index (χ2n) is 6.89. The lowest BCUT2D eigenvalue weighted by molar-refractivity contribution is 0.433. The van der Waals surface area contributed by atoms with Crippen molar-refractivity contribution in [1.82, 2.24) is 5.16 Å². The van der Waals surface area contributed by atoms with E-state index in [1.807, 2.05) is 24.3 Å². The molecule has 0 amide bonds. The lowest BCUT2D eigenvalue weighted by Gasteiger charge is -2.09. The van der Waals surface area contributed by atoms with Crippen LogP contribution in [0.4, 0.5) is 0 Å². The Balaban J connectivity index is 1.97. The number of hydrogen-bond acceptors (Lipinski definition) is 4. The topological polar surface area (TPSA) is 66.5 Å². The van der Waals surface area contributed by atoms with Crippen molar-refractivity contribution < 1.29 is 14.7 Å². The number of unbranched alkanes of at least 4 members (excludes halogenated alkanes) is 3. The molecule has 1 heterocycles. The lowest BCUT2D eigenvalue weighted by atomic mass is 9.94. The molecule has 27 heavy (non-hydrogen) atoms. The van der Waals surface area contributed by atoms with Crippen LogP contribution >= 0.6 is 0 Å². The fourth-order valence-corrected chi connectivity index (χ4v) is 3.45. The highest BCUT2D eigenvalue weighted by Crippen LogP contribution is 2.36. The van der Waals surface area contributed by atoms with Crippen LogP contribution in [0, 0.1) is 0 Å². The second-order valence-corrected chi connectivity index (χ2v) is 6.89. The molecule has 1 aromatic heterocycles. The van der Waals surface area contributed by atoms with Gasteiger partial charge >= 0.3 is 0 Å². The minimum absolute atomic E-state index is 0.230. The van der Waals surface area contributed by atoms with Crippen LogP contribution < -0.4 is 0 Å². The maximum atomic E-state index is 9.95. The molecule has 0 unspecified atom stereocenters. The Kier molecular flexibility index (Phi) is 6.17. The van der Waals surface area contributed by atoms with E-state index in [1.165, 1.54) is 19.3 Å². The van der Waals surface area contributed by atoms with Crippen molar-refractivity contribution in [2.75, 3.05) is 0 Å². The van der Waals surface area contributed by atoms with Crippen LogP contribution in [0.3, 0.4) is 0 Å². The molecule has 0 aliphatic carbocycles. The van der Waals surface area contributed by atoms with Gasteiger partial charge in [-0.15, -0.1) is 0 Å². The Labute approximate surface area is 160 Å². The van der Waals surface area contributed by atoms with Crippen molar-refractivity contribution >= 4 is 0 Å². The molecule has 0 radical (unpaired) electrons. The molecular weight excluding hydrogens is 338 g/mol. The molecule has 0 aliphatic heterocycles. The average Bonchev–Trinajstić information content (AvgIpc) is 3.10. The molecule has 0 saturated carbocycles. The first-order valence-electron chi connectivity index (χ1n) is 9.74. The molecule has 2 N–H and O–H groups in total. The van der Waals surface area contributed by atoms with E-state index < -0.39 is 0 Å². The molecule has 0 saturated heterocycles. The third-order valence-corrected chi connectivity index (χ3v) is 4.92.